The average molecular weight is 455 g/mol. The highest BCUT2D eigenvalue weighted by Gasteiger charge is 2.18. The zero-order chi connectivity index (χ0) is 22.8. The topological polar surface area (TPSA) is 85.6 Å². The van der Waals surface area contributed by atoms with Crippen LogP contribution in [0.5, 0.6) is 5.75 Å². The summed E-state index contributed by atoms with van der Waals surface area (Å²) < 4.78 is 6.84. The summed E-state index contributed by atoms with van der Waals surface area (Å²) in [4.78, 5) is 30.6. The molecule has 1 amide bonds. The molecule has 5 aromatic rings. The van der Waals surface area contributed by atoms with Gasteiger partial charge in [0.15, 0.2) is 5.65 Å². The van der Waals surface area contributed by atoms with Crippen LogP contribution in [0.2, 0.25) is 0 Å². The molecule has 2 aromatic carbocycles. The van der Waals surface area contributed by atoms with E-state index in [0.717, 1.165) is 11.3 Å². The van der Waals surface area contributed by atoms with E-state index in [1.54, 1.807) is 54.4 Å². The smallest absolute Gasteiger partial charge is 0.255 e. The lowest BCUT2D eigenvalue weighted by Gasteiger charge is -2.10. The lowest BCUT2D eigenvalue weighted by atomic mass is 10.1. The van der Waals surface area contributed by atoms with E-state index < -0.39 is 0 Å². The van der Waals surface area contributed by atoms with Crippen molar-refractivity contribution in [3.8, 4) is 17.0 Å². The van der Waals surface area contributed by atoms with E-state index in [1.165, 1.54) is 11.3 Å². The molecule has 0 saturated heterocycles. The molecule has 1 N–H and O–H groups in total. The van der Waals surface area contributed by atoms with Crippen molar-refractivity contribution in [1.82, 2.24) is 14.6 Å². The van der Waals surface area contributed by atoms with Gasteiger partial charge in [-0.05, 0) is 47.8 Å². The monoisotopic (exact) mass is 454 g/mol. The number of fused-ring (bicyclic) bond motifs is 1. The lowest BCUT2D eigenvalue weighted by Crippen LogP contribution is -2.12. The molecule has 0 unspecified atom stereocenters. The number of nitrogens with zero attached hydrogens (tertiary/aromatic N) is 3. The van der Waals surface area contributed by atoms with E-state index in [9.17, 15) is 9.59 Å². The number of nitrogens with one attached hydrogen (secondary N) is 1. The average Bonchev–Trinajstić information content (AvgIpc) is 3.54. The van der Waals surface area contributed by atoms with Crippen molar-refractivity contribution in [3.05, 3.63) is 101 Å². The van der Waals surface area contributed by atoms with Gasteiger partial charge in [-0.1, -0.05) is 24.3 Å². The molecule has 0 fully saturated rings. The molecule has 33 heavy (non-hydrogen) atoms. The fourth-order valence-corrected chi connectivity index (χ4v) is 4.21. The normalized spacial score (nSPS) is 10.8. The maximum Gasteiger partial charge on any atom is 0.255 e. The molecule has 0 aliphatic heterocycles. The van der Waals surface area contributed by atoms with Crippen LogP contribution in [0.1, 0.15) is 25.6 Å². The molecule has 8 heteroatoms. The highest BCUT2D eigenvalue weighted by atomic mass is 32.1. The Hall–Kier alpha value is -4.30. The van der Waals surface area contributed by atoms with Gasteiger partial charge in [0.05, 0.1) is 29.4 Å². The Bertz CT molecular complexity index is 1470. The molecular weight excluding hydrogens is 436 g/mol. The Kier molecular flexibility index (Phi) is 5.42. The largest absolute Gasteiger partial charge is 0.497 e. The second-order valence-corrected chi connectivity index (χ2v) is 8.14. The zero-order valence-corrected chi connectivity index (χ0v) is 18.4. The van der Waals surface area contributed by atoms with Crippen molar-refractivity contribution in [2.75, 3.05) is 12.4 Å². The number of carbonyl (C=O) groups is 2. The zero-order valence-electron chi connectivity index (χ0n) is 17.6. The van der Waals surface area contributed by atoms with E-state index in [2.05, 4.69) is 15.4 Å². The van der Waals surface area contributed by atoms with Crippen LogP contribution in [0, 0.1) is 0 Å². The number of aromatic nitrogens is 3. The van der Waals surface area contributed by atoms with Crippen molar-refractivity contribution in [3.63, 3.8) is 0 Å². The minimum atomic E-state index is -0.242. The Balaban J connectivity index is 1.47. The van der Waals surface area contributed by atoms with Gasteiger partial charge >= 0.3 is 0 Å². The van der Waals surface area contributed by atoms with Gasteiger partial charge in [-0.3, -0.25) is 9.59 Å². The van der Waals surface area contributed by atoms with E-state index >= 15 is 0 Å². The summed E-state index contributed by atoms with van der Waals surface area (Å²) in [5.74, 6) is 0.264. The molecule has 0 radical (unpaired) electrons. The van der Waals surface area contributed by atoms with E-state index in [4.69, 9.17) is 4.74 Å². The summed E-state index contributed by atoms with van der Waals surface area (Å²) in [5, 5.41) is 9.20. The summed E-state index contributed by atoms with van der Waals surface area (Å²) in [7, 11) is 1.56. The van der Waals surface area contributed by atoms with Gasteiger partial charge in [-0.15, -0.1) is 11.3 Å². The van der Waals surface area contributed by atoms with Gasteiger partial charge in [-0.2, -0.15) is 5.10 Å². The fraction of sp³-hybridized carbons (Fsp3) is 0.0400. The lowest BCUT2D eigenvalue weighted by molar-refractivity contribution is 0.102. The molecule has 5 rings (SSSR count). The number of anilines is 1. The molecule has 3 heterocycles. The summed E-state index contributed by atoms with van der Waals surface area (Å²) in [6.07, 6.45) is 3.20. The summed E-state index contributed by atoms with van der Waals surface area (Å²) in [6.45, 7) is 0. The SMILES string of the molecule is COc1cccc(C(=O)Nc2cccc(-c3ccnc4c(C(=O)c5cccs5)cnn34)c2)c1. The predicted octanol–water partition coefficient (Wildman–Crippen LogP) is 4.95. The summed E-state index contributed by atoms with van der Waals surface area (Å²) in [6, 6.07) is 19.8. The van der Waals surface area contributed by atoms with Crippen molar-refractivity contribution in [1.29, 1.82) is 0 Å². The van der Waals surface area contributed by atoms with Crippen LogP contribution in [0.15, 0.2) is 84.5 Å². The van der Waals surface area contributed by atoms with Gasteiger partial charge in [0.2, 0.25) is 5.78 Å². The van der Waals surface area contributed by atoms with Crippen LogP contribution in [0.25, 0.3) is 16.9 Å². The molecule has 0 saturated carbocycles. The van der Waals surface area contributed by atoms with Crippen molar-refractivity contribution in [2.45, 2.75) is 0 Å². The molecule has 0 spiro atoms. The third-order valence-corrected chi connectivity index (χ3v) is 6.01. The van der Waals surface area contributed by atoms with Crippen LogP contribution in [-0.2, 0) is 0 Å². The first-order valence-electron chi connectivity index (χ1n) is 10.1. The van der Waals surface area contributed by atoms with Crippen molar-refractivity contribution in [2.24, 2.45) is 0 Å². The standard InChI is InChI=1S/C25H18N4O3S/c1-32-19-8-3-6-17(14-19)25(31)28-18-7-2-5-16(13-18)21-10-11-26-24-20(15-27-29(21)24)23(30)22-9-4-12-33-22/h2-15H,1H3,(H,28,31). The molecule has 0 atom stereocenters. The van der Waals surface area contributed by atoms with Gasteiger partial charge in [0.25, 0.3) is 5.91 Å². The van der Waals surface area contributed by atoms with Crippen LogP contribution in [0.4, 0.5) is 5.69 Å². The highest BCUT2D eigenvalue weighted by Crippen LogP contribution is 2.26. The van der Waals surface area contributed by atoms with Gasteiger partial charge in [-0.25, -0.2) is 9.50 Å². The number of ketones is 1. The Morgan fingerprint density at radius 1 is 1.03 bits per heavy atom. The first-order valence-corrected chi connectivity index (χ1v) is 11.0. The second kappa shape index (κ2) is 8.68. The number of rotatable bonds is 6. The van der Waals surface area contributed by atoms with Crippen molar-refractivity contribution < 1.29 is 14.3 Å². The molecule has 0 aliphatic rings. The van der Waals surface area contributed by atoms with Crippen LogP contribution < -0.4 is 10.1 Å². The molecule has 0 aliphatic carbocycles. The first-order chi connectivity index (χ1) is 16.1. The third kappa shape index (κ3) is 3.99. The number of benzene rings is 2. The molecular formula is C25H18N4O3S. The number of thiophene rings is 1. The number of ether oxygens (including phenoxy) is 1. The maximum atomic E-state index is 12.8. The second-order valence-electron chi connectivity index (χ2n) is 7.20. The van der Waals surface area contributed by atoms with Crippen LogP contribution >= 0.6 is 11.3 Å². The number of methoxy groups -OCH3 is 1. The van der Waals surface area contributed by atoms with E-state index in [-0.39, 0.29) is 11.7 Å². The van der Waals surface area contributed by atoms with E-state index in [1.807, 2.05) is 41.8 Å². The summed E-state index contributed by atoms with van der Waals surface area (Å²) >= 11 is 1.38. The molecule has 3 aromatic heterocycles. The summed E-state index contributed by atoms with van der Waals surface area (Å²) in [5.41, 5.74) is 3.63. The van der Waals surface area contributed by atoms with Crippen LogP contribution in [0.3, 0.4) is 0 Å². The molecule has 162 valence electrons. The minimum Gasteiger partial charge on any atom is -0.497 e. The predicted molar refractivity (Wildman–Crippen MR) is 127 cm³/mol. The quantitative estimate of drug-likeness (QED) is 0.367. The Morgan fingerprint density at radius 3 is 2.73 bits per heavy atom. The molecule has 7 nitrogen and oxygen atoms in total. The van der Waals surface area contributed by atoms with Gasteiger partial charge in [0, 0.05) is 23.0 Å². The van der Waals surface area contributed by atoms with Gasteiger partial charge in [0.1, 0.15) is 5.75 Å². The molecule has 0 bridgehead atoms. The number of hydrogen-bond acceptors (Lipinski definition) is 6. The Labute approximate surface area is 193 Å². The van der Waals surface area contributed by atoms with Gasteiger partial charge < -0.3 is 10.1 Å². The van der Waals surface area contributed by atoms with E-state index in [0.29, 0.717) is 33.1 Å². The van der Waals surface area contributed by atoms with Crippen molar-refractivity contribution >= 4 is 34.4 Å². The Morgan fingerprint density at radius 2 is 1.91 bits per heavy atom. The minimum absolute atomic E-state index is 0.107. The first kappa shape index (κ1) is 20.6. The highest BCUT2D eigenvalue weighted by molar-refractivity contribution is 7.12. The van der Waals surface area contributed by atoms with Crippen LogP contribution in [-0.4, -0.2) is 33.4 Å². The fourth-order valence-electron chi connectivity index (χ4n) is 3.53. The number of amides is 1. The number of hydrogen-bond donors (Lipinski definition) is 1. The third-order valence-electron chi connectivity index (χ3n) is 5.14. The maximum absolute atomic E-state index is 12.8. The number of carbonyl (C=O) groups excluding carboxylic acids is 2.